The molecule has 0 bridgehead atoms. The lowest BCUT2D eigenvalue weighted by molar-refractivity contribution is -0.418. The molecule has 2 rings (SSSR count). The molecule has 0 heterocycles. The first-order chi connectivity index (χ1) is 13.8. The molecule has 0 N–H and O–H groups in total. The second-order valence-corrected chi connectivity index (χ2v) is 10.1. The number of benzene rings is 2. The number of hydrogen-bond acceptors (Lipinski definition) is 4. The van der Waals surface area contributed by atoms with E-state index in [1.807, 2.05) is 116 Å². The molecule has 4 nitrogen and oxygen atoms in total. The van der Waals surface area contributed by atoms with Gasteiger partial charge in [0.25, 0.3) is 0 Å². The van der Waals surface area contributed by atoms with Gasteiger partial charge in [0, 0.05) is 0 Å². The smallest absolute Gasteiger partial charge is 0.123 e. The van der Waals surface area contributed by atoms with Crippen LogP contribution < -0.4 is 0 Å². The summed E-state index contributed by atoms with van der Waals surface area (Å²) in [5.41, 5.74) is 0.131. The third-order valence-electron chi connectivity index (χ3n) is 5.22. The first-order valence-electron chi connectivity index (χ1n) is 10.7. The molecule has 30 heavy (non-hydrogen) atoms. The second kappa shape index (κ2) is 9.61. The van der Waals surface area contributed by atoms with Crippen molar-refractivity contribution in [1.82, 2.24) is 0 Å². The Bertz CT molecular complexity index is 697. The summed E-state index contributed by atoms with van der Waals surface area (Å²) < 4.78 is 0. The monoisotopic (exact) mass is 414 g/mol. The highest BCUT2D eigenvalue weighted by atomic mass is 17.2. The molecule has 0 saturated heterocycles. The lowest BCUT2D eigenvalue weighted by Gasteiger charge is -2.34. The van der Waals surface area contributed by atoms with Gasteiger partial charge in [0.2, 0.25) is 0 Å². The maximum absolute atomic E-state index is 5.86. The van der Waals surface area contributed by atoms with Crippen LogP contribution in [0.15, 0.2) is 60.7 Å². The fraction of sp³-hybridized carbons (Fsp3) is 0.538. The summed E-state index contributed by atoms with van der Waals surface area (Å²) in [5.74, 6) is 0. The van der Waals surface area contributed by atoms with Gasteiger partial charge in [-0.05, 0) is 79.4 Å². The van der Waals surface area contributed by atoms with Gasteiger partial charge in [-0.25, -0.2) is 19.6 Å². The Labute approximate surface area is 182 Å². The van der Waals surface area contributed by atoms with Crippen molar-refractivity contribution in [2.24, 2.45) is 0 Å². The lowest BCUT2D eigenvalue weighted by atomic mass is 9.94. The van der Waals surface area contributed by atoms with Crippen LogP contribution in [0.25, 0.3) is 0 Å². The van der Waals surface area contributed by atoms with E-state index in [0.717, 1.165) is 24.0 Å². The van der Waals surface area contributed by atoms with Crippen LogP contribution in [0.4, 0.5) is 0 Å². The average Bonchev–Trinajstić information content (AvgIpc) is 2.71. The highest BCUT2D eigenvalue weighted by Gasteiger charge is 2.33. The summed E-state index contributed by atoms with van der Waals surface area (Å²) in [4.78, 5) is 23.4. The Hall–Kier alpha value is -1.72. The van der Waals surface area contributed by atoms with Gasteiger partial charge in [-0.15, -0.1) is 0 Å². The van der Waals surface area contributed by atoms with Crippen LogP contribution >= 0.6 is 0 Å². The Morgan fingerprint density at radius 1 is 0.467 bits per heavy atom. The molecule has 2 aromatic rings. The van der Waals surface area contributed by atoms with Crippen molar-refractivity contribution >= 4 is 0 Å². The Morgan fingerprint density at radius 2 is 0.767 bits per heavy atom. The maximum atomic E-state index is 5.86. The first kappa shape index (κ1) is 24.5. The molecular formula is C26H38O4. The zero-order valence-corrected chi connectivity index (χ0v) is 19.8. The molecular weight excluding hydrogens is 376 g/mol. The van der Waals surface area contributed by atoms with E-state index in [0.29, 0.717) is 0 Å². The fourth-order valence-electron chi connectivity index (χ4n) is 2.89. The molecule has 0 radical (unpaired) electrons. The average molecular weight is 415 g/mol. The summed E-state index contributed by atoms with van der Waals surface area (Å²) in [6.07, 6.45) is 1.50. The van der Waals surface area contributed by atoms with Crippen LogP contribution in [0.5, 0.6) is 0 Å². The van der Waals surface area contributed by atoms with E-state index in [1.165, 1.54) is 0 Å². The van der Waals surface area contributed by atoms with Gasteiger partial charge < -0.3 is 0 Å². The molecule has 0 aliphatic rings. The van der Waals surface area contributed by atoms with Crippen LogP contribution in [0.1, 0.15) is 79.4 Å². The van der Waals surface area contributed by atoms with E-state index < -0.39 is 22.4 Å². The zero-order valence-electron chi connectivity index (χ0n) is 19.8. The minimum atomic E-state index is -0.534. The van der Waals surface area contributed by atoms with Crippen LogP contribution in [0.3, 0.4) is 0 Å². The van der Waals surface area contributed by atoms with Crippen molar-refractivity contribution in [2.75, 3.05) is 0 Å². The van der Waals surface area contributed by atoms with E-state index in [4.69, 9.17) is 19.6 Å². The quantitative estimate of drug-likeness (QED) is 0.290. The summed E-state index contributed by atoms with van der Waals surface area (Å²) in [5, 5.41) is 0. The van der Waals surface area contributed by atoms with Gasteiger partial charge >= 0.3 is 0 Å². The van der Waals surface area contributed by atoms with E-state index in [1.54, 1.807) is 0 Å². The maximum Gasteiger partial charge on any atom is 0.123 e. The molecule has 2 aromatic carbocycles. The molecule has 0 atom stereocenters. The lowest BCUT2D eigenvalue weighted by Crippen LogP contribution is -2.35. The second-order valence-electron chi connectivity index (χ2n) is 10.1. The highest BCUT2D eigenvalue weighted by molar-refractivity contribution is 5.21. The van der Waals surface area contributed by atoms with Gasteiger partial charge in [-0.2, -0.15) is 0 Å². The first-order valence-corrected chi connectivity index (χ1v) is 10.7. The summed E-state index contributed by atoms with van der Waals surface area (Å²) in [7, 11) is 0. The topological polar surface area (TPSA) is 36.9 Å². The number of hydrogen-bond donors (Lipinski definition) is 0. The van der Waals surface area contributed by atoms with Crippen molar-refractivity contribution in [3.8, 4) is 0 Å². The molecule has 4 heteroatoms. The fourth-order valence-corrected chi connectivity index (χ4v) is 2.89. The standard InChI is InChI=1S/C26H38O4/c1-23(2,27-29-25(5,6)21-15-11-9-12-16-21)19-20-24(3,4)28-30-26(7,8)22-17-13-10-14-18-22/h9-18H,19-20H2,1-8H3. The minimum absolute atomic E-state index is 0.471. The van der Waals surface area contributed by atoms with E-state index >= 15 is 0 Å². The molecule has 0 spiro atoms. The predicted octanol–water partition coefficient (Wildman–Crippen LogP) is 7.09. The van der Waals surface area contributed by atoms with Gasteiger partial charge in [0.15, 0.2) is 0 Å². The van der Waals surface area contributed by atoms with Gasteiger partial charge in [0.05, 0.1) is 11.2 Å². The summed E-state index contributed by atoms with van der Waals surface area (Å²) in [6.45, 7) is 16.1. The van der Waals surface area contributed by atoms with Crippen LogP contribution in [-0.4, -0.2) is 11.2 Å². The zero-order chi connectivity index (χ0) is 22.5. The molecule has 0 aliphatic carbocycles. The van der Waals surface area contributed by atoms with Crippen molar-refractivity contribution < 1.29 is 19.6 Å². The third-order valence-corrected chi connectivity index (χ3v) is 5.22. The highest BCUT2D eigenvalue weighted by Crippen LogP contribution is 2.32. The largest absolute Gasteiger partial charge is 0.230 e. The SMILES string of the molecule is CC(C)(CCC(C)(C)OOC(C)(C)c1ccccc1)OOC(C)(C)c1ccccc1. The molecule has 0 aromatic heterocycles. The van der Waals surface area contributed by atoms with Gasteiger partial charge in [0.1, 0.15) is 11.2 Å². The summed E-state index contributed by atoms with van der Waals surface area (Å²) in [6, 6.07) is 20.2. The Kier molecular flexibility index (Phi) is 7.86. The third kappa shape index (κ3) is 7.51. The molecule has 0 unspecified atom stereocenters. The summed E-state index contributed by atoms with van der Waals surface area (Å²) >= 11 is 0. The number of rotatable bonds is 11. The van der Waals surface area contributed by atoms with Crippen molar-refractivity contribution in [3.05, 3.63) is 71.8 Å². The molecule has 0 amide bonds. The van der Waals surface area contributed by atoms with Gasteiger partial charge in [-0.1, -0.05) is 60.7 Å². The van der Waals surface area contributed by atoms with Crippen LogP contribution in [0.2, 0.25) is 0 Å². The van der Waals surface area contributed by atoms with Crippen LogP contribution in [-0.2, 0) is 30.8 Å². The van der Waals surface area contributed by atoms with Gasteiger partial charge in [-0.3, -0.25) is 0 Å². The predicted molar refractivity (Wildman–Crippen MR) is 121 cm³/mol. The van der Waals surface area contributed by atoms with E-state index in [9.17, 15) is 0 Å². The van der Waals surface area contributed by atoms with Crippen molar-refractivity contribution in [3.63, 3.8) is 0 Å². The Balaban J connectivity index is 1.86. The molecule has 166 valence electrons. The molecule has 0 fully saturated rings. The van der Waals surface area contributed by atoms with Crippen LogP contribution in [0, 0.1) is 0 Å². The minimum Gasteiger partial charge on any atom is -0.230 e. The van der Waals surface area contributed by atoms with E-state index in [-0.39, 0.29) is 0 Å². The molecule has 0 saturated carbocycles. The normalized spacial score (nSPS) is 13.5. The van der Waals surface area contributed by atoms with Crippen molar-refractivity contribution in [1.29, 1.82) is 0 Å². The van der Waals surface area contributed by atoms with E-state index in [2.05, 4.69) is 0 Å². The Morgan fingerprint density at radius 3 is 1.07 bits per heavy atom. The molecule has 0 aliphatic heterocycles. The van der Waals surface area contributed by atoms with Crippen molar-refractivity contribution in [2.45, 2.75) is 90.6 Å².